The van der Waals surface area contributed by atoms with E-state index < -0.39 is 0 Å². The van der Waals surface area contributed by atoms with Crippen molar-refractivity contribution in [3.8, 4) is 0 Å². The van der Waals surface area contributed by atoms with Gasteiger partial charge in [-0.15, -0.1) is 0 Å². The van der Waals surface area contributed by atoms with E-state index in [0.717, 1.165) is 0 Å². The standard InChI is InChI=1S/C11H18N3O2/c1-11(2,3)16-7-14(15)10-5-4-8(12)6-9(10)13/h4-6H,7,12-13H2,1-3H3/q-1. The molecule has 0 aliphatic heterocycles. The average Bonchev–Trinajstić information content (AvgIpc) is 2.13. The second-order valence-electron chi connectivity index (χ2n) is 4.58. The molecule has 0 radical (unpaired) electrons. The Morgan fingerprint density at radius 3 is 2.44 bits per heavy atom. The zero-order valence-corrected chi connectivity index (χ0v) is 9.86. The van der Waals surface area contributed by atoms with Crippen LogP contribution in [0.25, 0.3) is 0 Å². The van der Waals surface area contributed by atoms with Crippen LogP contribution in [0.5, 0.6) is 0 Å². The lowest BCUT2D eigenvalue weighted by Crippen LogP contribution is -2.28. The molecule has 1 rings (SSSR count). The van der Waals surface area contributed by atoms with Gasteiger partial charge in [-0.05, 0) is 39.0 Å². The number of hydroxylamine groups is 1. The fourth-order valence-electron chi connectivity index (χ4n) is 1.12. The second-order valence-corrected chi connectivity index (χ2v) is 4.58. The summed E-state index contributed by atoms with van der Waals surface area (Å²) < 4.78 is 5.36. The van der Waals surface area contributed by atoms with Crippen molar-refractivity contribution in [3.05, 3.63) is 23.4 Å². The largest absolute Gasteiger partial charge is 0.757 e. The highest BCUT2D eigenvalue weighted by atomic mass is 16.6. The van der Waals surface area contributed by atoms with E-state index in [4.69, 9.17) is 16.2 Å². The third-order valence-electron chi connectivity index (χ3n) is 1.94. The first kappa shape index (κ1) is 12.6. The number of ether oxygens (including phenoxy) is 1. The normalized spacial score (nSPS) is 11.5. The molecule has 0 aliphatic rings. The Hall–Kier alpha value is -1.46. The Morgan fingerprint density at radius 1 is 1.31 bits per heavy atom. The molecular weight excluding hydrogens is 206 g/mol. The monoisotopic (exact) mass is 224 g/mol. The molecule has 0 aliphatic carbocycles. The van der Waals surface area contributed by atoms with E-state index in [9.17, 15) is 5.21 Å². The van der Waals surface area contributed by atoms with Crippen LogP contribution < -0.4 is 16.5 Å². The molecule has 0 saturated heterocycles. The lowest BCUT2D eigenvalue weighted by molar-refractivity contribution is 0.000757. The molecule has 0 atom stereocenters. The maximum Gasteiger partial charge on any atom is 0.109 e. The molecule has 16 heavy (non-hydrogen) atoms. The summed E-state index contributed by atoms with van der Waals surface area (Å²) in [6, 6.07) is 4.77. The van der Waals surface area contributed by atoms with Crippen molar-refractivity contribution < 1.29 is 4.74 Å². The van der Waals surface area contributed by atoms with Gasteiger partial charge in [-0.2, -0.15) is 0 Å². The first-order valence-electron chi connectivity index (χ1n) is 5.03. The Kier molecular flexibility index (Phi) is 3.62. The van der Waals surface area contributed by atoms with Crippen LogP contribution in [0.15, 0.2) is 18.2 Å². The van der Waals surface area contributed by atoms with E-state index in [1.807, 2.05) is 20.8 Å². The zero-order chi connectivity index (χ0) is 12.3. The van der Waals surface area contributed by atoms with Crippen LogP contribution in [0, 0.1) is 5.21 Å². The van der Waals surface area contributed by atoms with Gasteiger partial charge in [-0.1, -0.05) is 0 Å². The highest BCUT2D eigenvalue weighted by molar-refractivity contribution is 5.72. The fraction of sp³-hybridized carbons (Fsp3) is 0.455. The van der Waals surface area contributed by atoms with Crippen LogP contribution in [0.1, 0.15) is 20.8 Å². The Morgan fingerprint density at radius 2 is 1.94 bits per heavy atom. The first-order valence-corrected chi connectivity index (χ1v) is 5.03. The SMILES string of the molecule is CC(C)(C)OCN([O-])c1ccc(N)cc1N. The van der Waals surface area contributed by atoms with Gasteiger partial charge in [0.1, 0.15) is 6.73 Å². The van der Waals surface area contributed by atoms with Gasteiger partial charge in [0, 0.05) is 5.69 Å². The molecule has 0 amide bonds. The lowest BCUT2D eigenvalue weighted by atomic mass is 10.2. The van der Waals surface area contributed by atoms with Crippen LogP contribution in [0.3, 0.4) is 0 Å². The first-order chi connectivity index (χ1) is 7.29. The molecule has 0 spiro atoms. The predicted molar refractivity (Wildman–Crippen MR) is 66.8 cm³/mol. The number of hydrogen-bond donors (Lipinski definition) is 2. The van der Waals surface area contributed by atoms with E-state index >= 15 is 0 Å². The van der Waals surface area contributed by atoms with Crippen molar-refractivity contribution in [1.29, 1.82) is 0 Å². The summed E-state index contributed by atoms with van der Waals surface area (Å²) in [5.74, 6) is 0. The van der Waals surface area contributed by atoms with Gasteiger partial charge in [0.15, 0.2) is 0 Å². The number of hydrogen-bond acceptors (Lipinski definition) is 5. The molecule has 0 bridgehead atoms. The number of nitrogens with two attached hydrogens (primary N) is 2. The molecule has 0 heterocycles. The molecule has 4 N–H and O–H groups in total. The van der Waals surface area contributed by atoms with E-state index in [1.54, 1.807) is 18.2 Å². The lowest BCUT2D eigenvalue weighted by Gasteiger charge is -2.34. The van der Waals surface area contributed by atoms with E-state index in [-0.39, 0.29) is 12.3 Å². The van der Waals surface area contributed by atoms with Gasteiger partial charge in [0.25, 0.3) is 0 Å². The number of nitrogen functional groups attached to an aromatic ring is 2. The van der Waals surface area contributed by atoms with E-state index in [0.29, 0.717) is 22.1 Å². The predicted octanol–water partition coefficient (Wildman–Crippen LogP) is 1.93. The topological polar surface area (TPSA) is 87.6 Å². The smallest absolute Gasteiger partial charge is 0.109 e. The van der Waals surface area contributed by atoms with Crippen molar-refractivity contribution >= 4 is 17.1 Å². The molecule has 5 heteroatoms. The quantitative estimate of drug-likeness (QED) is 0.465. The number of rotatable bonds is 3. The minimum Gasteiger partial charge on any atom is -0.757 e. The van der Waals surface area contributed by atoms with Crippen LogP contribution in [0.2, 0.25) is 0 Å². The van der Waals surface area contributed by atoms with Gasteiger partial charge >= 0.3 is 0 Å². The highest BCUT2D eigenvalue weighted by Gasteiger charge is 2.10. The zero-order valence-electron chi connectivity index (χ0n) is 9.86. The van der Waals surface area contributed by atoms with Crippen LogP contribution in [-0.2, 0) is 4.74 Å². The van der Waals surface area contributed by atoms with Crippen molar-refractivity contribution in [3.63, 3.8) is 0 Å². The van der Waals surface area contributed by atoms with Crippen LogP contribution >= 0.6 is 0 Å². The minimum absolute atomic E-state index is 0.0579. The number of anilines is 3. The van der Waals surface area contributed by atoms with E-state index in [1.165, 1.54) is 0 Å². The van der Waals surface area contributed by atoms with Crippen molar-refractivity contribution in [2.75, 3.05) is 23.3 Å². The Labute approximate surface area is 95.6 Å². The molecule has 0 aromatic heterocycles. The molecule has 0 saturated carbocycles. The van der Waals surface area contributed by atoms with Crippen molar-refractivity contribution in [2.45, 2.75) is 26.4 Å². The summed E-state index contributed by atoms with van der Waals surface area (Å²) >= 11 is 0. The summed E-state index contributed by atoms with van der Waals surface area (Å²) in [6.45, 7) is 5.59. The summed E-state index contributed by atoms with van der Waals surface area (Å²) in [5.41, 5.74) is 12.1. The van der Waals surface area contributed by atoms with Crippen molar-refractivity contribution in [1.82, 2.24) is 0 Å². The van der Waals surface area contributed by atoms with Gasteiger partial charge < -0.3 is 26.5 Å². The van der Waals surface area contributed by atoms with Gasteiger partial charge in [-0.25, -0.2) is 0 Å². The molecule has 5 nitrogen and oxygen atoms in total. The summed E-state index contributed by atoms with van der Waals surface area (Å²) in [4.78, 5) is 0. The average molecular weight is 224 g/mol. The number of benzene rings is 1. The highest BCUT2D eigenvalue weighted by Crippen LogP contribution is 2.25. The molecule has 1 aromatic rings. The van der Waals surface area contributed by atoms with Gasteiger partial charge in [0.2, 0.25) is 0 Å². The van der Waals surface area contributed by atoms with Gasteiger partial charge in [0.05, 0.1) is 17.0 Å². The Balaban J connectivity index is 2.70. The Bertz CT molecular complexity index is 361. The molecule has 1 aromatic carbocycles. The summed E-state index contributed by atoms with van der Waals surface area (Å²) in [5, 5.41) is 12.4. The third-order valence-corrected chi connectivity index (χ3v) is 1.94. The summed E-state index contributed by atoms with van der Waals surface area (Å²) in [7, 11) is 0. The summed E-state index contributed by atoms with van der Waals surface area (Å²) in [6.07, 6.45) is 0. The van der Waals surface area contributed by atoms with Crippen LogP contribution in [-0.4, -0.2) is 12.3 Å². The van der Waals surface area contributed by atoms with E-state index in [2.05, 4.69) is 0 Å². The molecular formula is C11H18N3O2-. The molecule has 0 unspecified atom stereocenters. The maximum atomic E-state index is 11.7. The molecule has 90 valence electrons. The van der Waals surface area contributed by atoms with Crippen LogP contribution in [0.4, 0.5) is 17.1 Å². The second kappa shape index (κ2) is 4.59. The van der Waals surface area contributed by atoms with Gasteiger partial charge in [-0.3, -0.25) is 0 Å². The third kappa shape index (κ3) is 3.60. The van der Waals surface area contributed by atoms with Crippen molar-refractivity contribution in [2.24, 2.45) is 0 Å². The number of nitrogens with zero attached hydrogens (tertiary/aromatic N) is 1. The molecule has 0 fully saturated rings. The fourth-order valence-corrected chi connectivity index (χ4v) is 1.12. The maximum absolute atomic E-state index is 11.7. The minimum atomic E-state index is -0.356.